The minimum absolute atomic E-state index is 0.00347. The average molecular weight is 424 g/mol. The van der Waals surface area contributed by atoms with Gasteiger partial charge in [0.25, 0.3) is 0 Å². The van der Waals surface area contributed by atoms with Crippen molar-refractivity contribution < 1.29 is 43.8 Å². The van der Waals surface area contributed by atoms with E-state index in [4.69, 9.17) is 18.6 Å². The summed E-state index contributed by atoms with van der Waals surface area (Å²) in [6, 6.07) is 1.26. The predicted octanol–water partition coefficient (Wildman–Crippen LogP) is 0.173. The molecule has 1 aliphatic heterocycles. The fraction of sp³-hybridized carbons (Fsp3) is 0.500. The predicted molar refractivity (Wildman–Crippen MR) is 102 cm³/mol. The second-order valence-corrected chi connectivity index (χ2v) is 7.29. The van der Waals surface area contributed by atoms with E-state index in [1.165, 1.54) is 19.9 Å². The van der Waals surface area contributed by atoms with Gasteiger partial charge in [-0.15, -0.1) is 0 Å². The molecule has 3 rings (SSSR count). The second-order valence-electron chi connectivity index (χ2n) is 7.29. The zero-order valence-electron chi connectivity index (χ0n) is 16.9. The summed E-state index contributed by atoms with van der Waals surface area (Å²) in [6.45, 7) is 5.50. The van der Waals surface area contributed by atoms with E-state index in [0.29, 0.717) is 11.3 Å². The number of carbonyl (C=O) groups excluding carboxylic acids is 1. The molecule has 1 aromatic heterocycles. The number of aliphatic hydroxyl groups is 3. The largest absolute Gasteiger partial charge is 0.507 e. The molecule has 10 heteroatoms. The van der Waals surface area contributed by atoms with Gasteiger partial charge < -0.3 is 39.1 Å². The number of hydrogen-bond donors (Lipinski definition) is 4. The molecule has 4 N–H and O–H groups in total. The quantitative estimate of drug-likeness (QED) is 0.499. The number of ether oxygens (including phenoxy) is 3. The summed E-state index contributed by atoms with van der Waals surface area (Å²) in [4.78, 5) is 23.4. The Kier molecular flexibility index (Phi) is 6.04. The van der Waals surface area contributed by atoms with Crippen LogP contribution in [0, 0.1) is 20.8 Å². The molecule has 1 fully saturated rings. The third-order valence-corrected chi connectivity index (χ3v) is 5.04. The van der Waals surface area contributed by atoms with E-state index in [0.717, 1.165) is 0 Å². The van der Waals surface area contributed by atoms with E-state index in [9.17, 15) is 30.0 Å². The Labute approximate surface area is 171 Å². The van der Waals surface area contributed by atoms with E-state index in [2.05, 4.69) is 0 Å². The fourth-order valence-corrected chi connectivity index (χ4v) is 3.42. The van der Waals surface area contributed by atoms with Gasteiger partial charge in [-0.25, -0.2) is 0 Å². The Morgan fingerprint density at radius 3 is 2.40 bits per heavy atom. The van der Waals surface area contributed by atoms with Crippen molar-refractivity contribution >= 4 is 16.9 Å². The summed E-state index contributed by atoms with van der Waals surface area (Å²) < 4.78 is 21.7. The minimum Gasteiger partial charge on any atom is -0.507 e. The highest BCUT2D eigenvalue weighted by Gasteiger charge is 2.45. The molecule has 0 spiro atoms. The van der Waals surface area contributed by atoms with Gasteiger partial charge in [0, 0.05) is 24.1 Å². The lowest BCUT2D eigenvalue weighted by atomic mass is 9.99. The van der Waals surface area contributed by atoms with Crippen LogP contribution in [0.1, 0.15) is 23.8 Å². The van der Waals surface area contributed by atoms with Gasteiger partial charge in [0.2, 0.25) is 6.29 Å². The van der Waals surface area contributed by atoms with Crippen LogP contribution in [-0.2, 0) is 14.3 Å². The Morgan fingerprint density at radius 2 is 1.77 bits per heavy atom. The number of phenols is 1. The molecule has 10 nitrogen and oxygen atoms in total. The number of phenolic OH excluding ortho intramolecular Hbond substituents is 1. The Hall–Kier alpha value is -2.66. The van der Waals surface area contributed by atoms with Crippen LogP contribution in [0.25, 0.3) is 11.0 Å². The molecule has 0 amide bonds. The molecule has 164 valence electrons. The van der Waals surface area contributed by atoms with E-state index >= 15 is 0 Å². The molecule has 1 aliphatic rings. The van der Waals surface area contributed by atoms with Crippen LogP contribution in [0.5, 0.6) is 11.5 Å². The van der Waals surface area contributed by atoms with Crippen molar-refractivity contribution in [3.05, 3.63) is 33.2 Å². The van der Waals surface area contributed by atoms with Gasteiger partial charge in [-0.2, -0.15) is 0 Å². The maximum atomic E-state index is 12.3. The van der Waals surface area contributed by atoms with E-state index < -0.39 is 42.1 Å². The standard InChI is InChI=1S/C20H24O10/c1-7-5-11(22)13-14(23)8(2)18(9(3)19(13)28-7)30-20-17(26)16(25)15(24)12(29-20)6-27-10(4)21/h5,12,15-17,20,23-26H,6H2,1-4H3/t12-,15-,16-,17+,20-/m0/s1. The molecule has 0 unspecified atom stereocenters. The molecule has 30 heavy (non-hydrogen) atoms. The number of hydrogen-bond acceptors (Lipinski definition) is 10. The first kappa shape index (κ1) is 22.0. The van der Waals surface area contributed by atoms with Crippen molar-refractivity contribution in [3.8, 4) is 11.5 Å². The van der Waals surface area contributed by atoms with Crippen molar-refractivity contribution in [2.24, 2.45) is 0 Å². The zero-order chi connectivity index (χ0) is 22.3. The first-order valence-electron chi connectivity index (χ1n) is 9.29. The summed E-state index contributed by atoms with van der Waals surface area (Å²) in [6.07, 6.45) is -7.43. The third kappa shape index (κ3) is 3.86. The molecular weight excluding hydrogens is 400 g/mol. The molecular formula is C20H24O10. The number of rotatable bonds is 4. The van der Waals surface area contributed by atoms with Gasteiger partial charge in [-0.1, -0.05) is 0 Å². The highest BCUT2D eigenvalue weighted by Crippen LogP contribution is 2.39. The van der Waals surface area contributed by atoms with Crippen LogP contribution >= 0.6 is 0 Å². The molecule has 0 bridgehead atoms. The van der Waals surface area contributed by atoms with Crippen molar-refractivity contribution in [2.45, 2.75) is 58.4 Å². The maximum Gasteiger partial charge on any atom is 0.302 e. The number of aryl methyl sites for hydroxylation is 2. The number of esters is 1. The molecule has 0 saturated carbocycles. The van der Waals surface area contributed by atoms with Crippen LogP contribution in [0.2, 0.25) is 0 Å². The van der Waals surface area contributed by atoms with E-state index in [1.807, 2.05) is 0 Å². The Balaban J connectivity index is 2.00. The second kappa shape index (κ2) is 8.23. The first-order valence-corrected chi connectivity index (χ1v) is 9.29. The number of carbonyl (C=O) groups is 1. The first-order chi connectivity index (χ1) is 14.0. The monoisotopic (exact) mass is 424 g/mol. The summed E-state index contributed by atoms with van der Waals surface area (Å²) in [5.74, 6) is -0.548. The normalized spacial score (nSPS) is 26.6. The fourth-order valence-electron chi connectivity index (χ4n) is 3.42. The van der Waals surface area contributed by atoms with Crippen molar-refractivity contribution in [3.63, 3.8) is 0 Å². The van der Waals surface area contributed by atoms with Crippen LogP contribution in [-0.4, -0.2) is 63.7 Å². The molecule has 0 aliphatic carbocycles. The number of benzene rings is 1. The zero-order valence-corrected chi connectivity index (χ0v) is 16.9. The summed E-state index contributed by atoms with van der Waals surface area (Å²) >= 11 is 0. The molecule has 0 radical (unpaired) electrons. The van der Waals surface area contributed by atoms with Crippen LogP contribution < -0.4 is 10.2 Å². The summed E-state index contributed by atoms with van der Waals surface area (Å²) in [5.41, 5.74) is 0.261. The van der Waals surface area contributed by atoms with Crippen molar-refractivity contribution in [2.75, 3.05) is 6.61 Å². The van der Waals surface area contributed by atoms with Crippen LogP contribution in [0.3, 0.4) is 0 Å². The molecule has 2 aromatic rings. The van der Waals surface area contributed by atoms with Gasteiger partial charge >= 0.3 is 5.97 Å². The lowest BCUT2D eigenvalue weighted by Gasteiger charge is -2.40. The van der Waals surface area contributed by atoms with Crippen molar-refractivity contribution in [1.29, 1.82) is 0 Å². The number of aromatic hydroxyl groups is 1. The Bertz CT molecular complexity index is 1030. The number of aliphatic hydroxyl groups excluding tert-OH is 3. The highest BCUT2D eigenvalue weighted by molar-refractivity contribution is 5.89. The topological polar surface area (TPSA) is 156 Å². The average Bonchev–Trinajstić information content (AvgIpc) is 2.67. The van der Waals surface area contributed by atoms with Crippen LogP contribution in [0.15, 0.2) is 15.3 Å². The van der Waals surface area contributed by atoms with Gasteiger partial charge in [0.15, 0.2) is 5.43 Å². The Morgan fingerprint density at radius 1 is 1.10 bits per heavy atom. The lowest BCUT2D eigenvalue weighted by Crippen LogP contribution is -2.60. The van der Waals surface area contributed by atoms with Gasteiger partial charge in [-0.05, 0) is 20.8 Å². The van der Waals surface area contributed by atoms with E-state index in [1.54, 1.807) is 13.8 Å². The molecule has 2 heterocycles. The third-order valence-electron chi connectivity index (χ3n) is 5.04. The summed E-state index contributed by atoms with van der Waals surface area (Å²) in [5, 5.41) is 41.1. The van der Waals surface area contributed by atoms with Crippen molar-refractivity contribution in [1.82, 2.24) is 0 Å². The number of fused-ring (bicyclic) bond motifs is 1. The molecule has 1 saturated heterocycles. The minimum atomic E-state index is -1.64. The molecule has 1 aromatic carbocycles. The van der Waals surface area contributed by atoms with Crippen LogP contribution in [0.4, 0.5) is 0 Å². The van der Waals surface area contributed by atoms with E-state index in [-0.39, 0.29) is 34.6 Å². The maximum absolute atomic E-state index is 12.3. The summed E-state index contributed by atoms with van der Waals surface area (Å²) in [7, 11) is 0. The highest BCUT2D eigenvalue weighted by atomic mass is 16.7. The SMILES string of the molecule is CC(=O)OC[C@@H]1O[C@@H](Oc2c(C)c(O)c3c(=O)cc(C)oc3c2C)[C@H](O)[C@@H](O)[C@H]1O. The lowest BCUT2D eigenvalue weighted by molar-refractivity contribution is -0.278. The van der Waals surface area contributed by atoms with Gasteiger partial charge in [-0.3, -0.25) is 9.59 Å². The smallest absolute Gasteiger partial charge is 0.302 e. The van der Waals surface area contributed by atoms with Gasteiger partial charge in [0.1, 0.15) is 59.3 Å². The molecule has 5 atom stereocenters. The van der Waals surface area contributed by atoms with Gasteiger partial charge in [0.05, 0.1) is 0 Å².